The van der Waals surface area contributed by atoms with Crippen molar-refractivity contribution in [3.05, 3.63) is 54.6 Å². The first-order valence-corrected chi connectivity index (χ1v) is 10.4. The summed E-state index contributed by atoms with van der Waals surface area (Å²) in [6.07, 6.45) is 6.60. The summed E-state index contributed by atoms with van der Waals surface area (Å²) in [5.74, 6) is 0. The summed E-state index contributed by atoms with van der Waals surface area (Å²) in [6.45, 7) is 10.2. The van der Waals surface area contributed by atoms with Crippen LogP contribution in [0.1, 0.15) is 52.9 Å². The predicted molar refractivity (Wildman–Crippen MR) is 116 cm³/mol. The molecule has 0 aliphatic carbocycles. The van der Waals surface area contributed by atoms with Crippen LogP contribution >= 0.6 is 0 Å². The molecule has 2 nitrogen and oxygen atoms in total. The molecule has 1 heterocycles. The van der Waals surface area contributed by atoms with Crippen molar-refractivity contribution in [3.63, 3.8) is 0 Å². The first-order valence-electron chi connectivity index (χ1n) is 10.4. The Bertz CT molecular complexity index is 609. The maximum absolute atomic E-state index is 3.58. The van der Waals surface area contributed by atoms with Gasteiger partial charge in [0.25, 0.3) is 0 Å². The van der Waals surface area contributed by atoms with Gasteiger partial charge in [0.15, 0.2) is 0 Å². The third kappa shape index (κ3) is 6.84. The van der Waals surface area contributed by atoms with Gasteiger partial charge in [0.2, 0.25) is 0 Å². The SMILES string of the molecule is CC1CCCCN1CCCNc1cccc(-c2ccccc2)c1.CCC. The van der Waals surface area contributed by atoms with E-state index in [4.69, 9.17) is 0 Å². The van der Waals surface area contributed by atoms with Gasteiger partial charge in [-0.3, -0.25) is 0 Å². The van der Waals surface area contributed by atoms with Gasteiger partial charge in [-0.2, -0.15) is 0 Å². The van der Waals surface area contributed by atoms with Crippen LogP contribution in [0.15, 0.2) is 54.6 Å². The molecule has 0 spiro atoms. The second-order valence-electron chi connectivity index (χ2n) is 7.32. The fourth-order valence-corrected chi connectivity index (χ4v) is 3.44. The lowest BCUT2D eigenvalue weighted by atomic mass is 10.0. The molecule has 1 fully saturated rings. The van der Waals surface area contributed by atoms with Gasteiger partial charge in [0, 0.05) is 24.8 Å². The molecule has 142 valence electrons. The summed E-state index contributed by atoms with van der Waals surface area (Å²) in [5.41, 5.74) is 3.77. The van der Waals surface area contributed by atoms with Crippen LogP contribution < -0.4 is 5.32 Å². The number of nitrogens with one attached hydrogen (secondary N) is 1. The van der Waals surface area contributed by atoms with E-state index in [-0.39, 0.29) is 0 Å². The standard InChI is InChI=1S/C21H28N2.C3H8/c1-18-9-5-6-15-23(18)16-8-14-22-21-13-7-12-20(17-21)19-10-3-2-4-11-19;1-3-2/h2-4,7,10-13,17-18,22H,5-6,8-9,14-16H2,1H3;3H2,1-2H3. The first kappa shape index (κ1) is 20.5. The Morgan fingerprint density at radius 2 is 1.69 bits per heavy atom. The minimum Gasteiger partial charge on any atom is -0.385 e. The molecule has 0 radical (unpaired) electrons. The van der Waals surface area contributed by atoms with Crippen molar-refractivity contribution in [1.29, 1.82) is 0 Å². The average Bonchev–Trinajstić information content (AvgIpc) is 2.68. The van der Waals surface area contributed by atoms with E-state index in [0.717, 1.165) is 12.6 Å². The minimum absolute atomic E-state index is 0.769. The molecule has 1 N–H and O–H groups in total. The quantitative estimate of drug-likeness (QED) is 0.601. The van der Waals surface area contributed by atoms with Crippen LogP contribution in [0.3, 0.4) is 0 Å². The monoisotopic (exact) mass is 352 g/mol. The summed E-state index contributed by atoms with van der Waals surface area (Å²) in [5, 5.41) is 3.58. The molecular formula is C24H36N2. The number of anilines is 1. The summed E-state index contributed by atoms with van der Waals surface area (Å²) in [4.78, 5) is 2.64. The van der Waals surface area contributed by atoms with Gasteiger partial charge in [-0.25, -0.2) is 0 Å². The average molecular weight is 353 g/mol. The summed E-state index contributed by atoms with van der Waals surface area (Å²) >= 11 is 0. The van der Waals surface area contributed by atoms with Gasteiger partial charge >= 0.3 is 0 Å². The Balaban J connectivity index is 0.000000758. The third-order valence-corrected chi connectivity index (χ3v) is 4.86. The lowest BCUT2D eigenvalue weighted by Crippen LogP contribution is -2.38. The molecule has 1 unspecified atom stereocenters. The Labute approximate surface area is 160 Å². The van der Waals surface area contributed by atoms with Crippen molar-refractivity contribution in [1.82, 2.24) is 4.90 Å². The van der Waals surface area contributed by atoms with E-state index in [0.29, 0.717) is 0 Å². The van der Waals surface area contributed by atoms with E-state index >= 15 is 0 Å². The second-order valence-corrected chi connectivity index (χ2v) is 7.32. The predicted octanol–water partition coefficient (Wildman–Crippen LogP) is 6.45. The van der Waals surface area contributed by atoms with E-state index in [2.05, 4.69) is 85.6 Å². The van der Waals surface area contributed by atoms with Crippen molar-refractivity contribution < 1.29 is 0 Å². The van der Waals surface area contributed by atoms with Gasteiger partial charge in [0.05, 0.1) is 0 Å². The number of benzene rings is 2. The summed E-state index contributed by atoms with van der Waals surface area (Å²) in [7, 11) is 0. The number of piperidine rings is 1. The topological polar surface area (TPSA) is 15.3 Å². The number of hydrogen-bond acceptors (Lipinski definition) is 2. The highest BCUT2D eigenvalue weighted by atomic mass is 15.2. The molecule has 2 heteroatoms. The van der Waals surface area contributed by atoms with E-state index in [1.807, 2.05) is 0 Å². The normalized spacial score (nSPS) is 17.3. The summed E-state index contributed by atoms with van der Waals surface area (Å²) in [6, 6.07) is 20.1. The minimum atomic E-state index is 0.769. The van der Waals surface area contributed by atoms with Crippen LogP contribution in [0.2, 0.25) is 0 Å². The van der Waals surface area contributed by atoms with E-state index in [1.54, 1.807) is 0 Å². The van der Waals surface area contributed by atoms with Crippen molar-refractivity contribution in [2.45, 2.75) is 58.9 Å². The van der Waals surface area contributed by atoms with Gasteiger partial charge in [-0.15, -0.1) is 0 Å². The van der Waals surface area contributed by atoms with Crippen molar-refractivity contribution in [2.24, 2.45) is 0 Å². The van der Waals surface area contributed by atoms with Crippen molar-refractivity contribution in [3.8, 4) is 11.1 Å². The fraction of sp³-hybridized carbons (Fsp3) is 0.500. The Kier molecular flexibility index (Phi) is 9.27. The van der Waals surface area contributed by atoms with Crippen LogP contribution in [-0.2, 0) is 0 Å². The van der Waals surface area contributed by atoms with Gasteiger partial charge in [0.1, 0.15) is 0 Å². The highest BCUT2D eigenvalue weighted by molar-refractivity contribution is 5.67. The number of nitrogens with zero attached hydrogens (tertiary/aromatic N) is 1. The third-order valence-electron chi connectivity index (χ3n) is 4.86. The van der Waals surface area contributed by atoms with E-state index in [9.17, 15) is 0 Å². The van der Waals surface area contributed by atoms with E-state index in [1.165, 1.54) is 62.0 Å². The molecule has 2 aromatic carbocycles. The molecule has 1 aliphatic heterocycles. The zero-order valence-corrected chi connectivity index (χ0v) is 16.9. The Morgan fingerprint density at radius 3 is 2.42 bits per heavy atom. The van der Waals surface area contributed by atoms with Gasteiger partial charge in [-0.05, 0) is 56.0 Å². The maximum Gasteiger partial charge on any atom is 0.0346 e. The lowest BCUT2D eigenvalue weighted by Gasteiger charge is -2.33. The lowest BCUT2D eigenvalue weighted by molar-refractivity contribution is 0.160. The van der Waals surface area contributed by atoms with Gasteiger partial charge < -0.3 is 10.2 Å². The van der Waals surface area contributed by atoms with Crippen LogP contribution in [-0.4, -0.2) is 30.6 Å². The molecule has 1 aliphatic rings. The molecule has 0 amide bonds. The molecule has 0 saturated carbocycles. The molecule has 0 bridgehead atoms. The zero-order valence-electron chi connectivity index (χ0n) is 16.9. The molecular weight excluding hydrogens is 316 g/mol. The largest absolute Gasteiger partial charge is 0.385 e. The van der Waals surface area contributed by atoms with E-state index < -0.39 is 0 Å². The van der Waals surface area contributed by atoms with Crippen LogP contribution in [0.5, 0.6) is 0 Å². The number of rotatable bonds is 6. The number of hydrogen-bond donors (Lipinski definition) is 1. The fourth-order valence-electron chi connectivity index (χ4n) is 3.44. The molecule has 0 aromatic heterocycles. The Hall–Kier alpha value is -1.80. The molecule has 2 aromatic rings. The van der Waals surface area contributed by atoms with Crippen molar-refractivity contribution >= 4 is 5.69 Å². The van der Waals surface area contributed by atoms with Crippen LogP contribution in [0.4, 0.5) is 5.69 Å². The number of likely N-dealkylation sites (tertiary alicyclic amines) is 1. The molecule has 26 heavy (non-hydrogen) atoms. The second kappa shape index (κ2) is 11.7. The first-order chi connectivity index (χ1) is 12.7. The van der Waals surface area contributed by atoms with Crippen LogP contribution in [0, 0.1) is 0 Å². The highest BCUT2D eigenvalue weighted by Gasteiger charge is 2.16. The Morgan fingerprint density at radius 1 is 0.962 bits per heavy atom. The smallest absolute Gasteiger partial charge is 0.0346 e. The maximum atomic E-state index is 3.58. The van der Waals surface area contributed by atoms with Crippen LogP contribution in [0.25, 0.3) is 11.1 Å². The summed E-state index contributed by atoms with van der Waals surface area (Å²) < 4.78 is 0. The molecule has 3 rings (SSSR count). The molecule has 1 saturated heterocycles. The van der Waals surface area contributed by atoms with Crippen molar-refractivity contribution in [2.75, 3.05) is 25.0 Å². The van der Waals surface area contributed by atoms with Gasteiger partial charge in [-0.1, -0.05) is 69.2 Å². The molecule has 1 atom stereocenters. The highest BCUT2D eigenvalue weighted by Crippen LogP contribution is 2.22. The zero-order chi connectivity index (χ0) is 18.6.